The molecule has 0 aromatic heterocycles. The van der Waals surface area contributed by atoms with Crippen molar-refractivity contribution in [1.82, 2.24) is 14.5 Å². The highest BCUT2D eigenvalue weighted by atomic mass is 32.2. The molecular weight excluding hydrogens is 318 g/mol. The van der Waals surface area contributed by atoms with Gasteiger partial charge in [-0.3, -0.25) is 9.69 Å². The summed E-state index contributed by atoms with van der Waals surface area (Å²) in [5.74, 6) is -0.162. The zero-order valence-electron chi connectivity index (χ0n) is 14.2. The van der Waals surface area contributed by atoms with E-state index in [1.54, 1.807) is 0 Å². The van der Waals surface area contributed by atoms with E-state index in [1.807, 2.05) is 6.92 Å². The highest BCUT2D eigenvalue weighted by Crippen LogP contribution is 2.20. The number of nitrogens with zero attached hydrogens (tertiary/aromatic N) is 2. The second kappa shape index (κ2) is 8.41. The van der Waals surface area contributed by atoms with Crippen molar-refractivity contribution in [2.75, 3.05) is 45.6 Å². The maximum Gasteiger partial charge on any atom is 0.238 e. The molecule has 0 bridgehead atoms. The molecule has 2 heterocycles. The van der Waals surface area contributed by atoms with Gasteiger partial charge in [0.25, 0.3) is 0 Å². The average Bonchev–Trinajstić information content (AvgIpc) is 2.53. The number of carbonyl (C=O) groups excluding carboxylic acids is 1. The van der Waals surface area contributed by atoms with Crippen LogP contribution in [0.2, 0.25) is 0 Å². The minimum Gasteiger partial charge on any atom is -0.379 e. The molecule has 2 aliphatic heterocycles. The number of hydrogen-bond acceptors (Lipinski definition) is 5. The Morgan fingerprint density at radius 2 is 1.96 bits per heavy atom. The van der Waals surface area contributed by atoms with Gasteiger partial charge in [-0.2, -0.15) is 4.31 Å². The Hall–Kier alpha value is -0.700. The van der Waals surface area contributed by atoms with Crippen LogP contribution in [0.5, 0.6) is 0 Å². The zero-order chi connectivity index (χ0) is 16.9. The van der Waals surface area contributed by atoms with Crippen LogP contribution >= 0.6 is 0 Å². The van der Waals surface area contributed by atoms with Gasteiger partial charge in [0.05, 0.1) is 19.5 Å². The average molecular weight is 347 g/mol. The number of hydrogen-bond donors (Lipinski definition) is 1. The molecule has 8 heteroatoms. The maximum absolute atomic E-state index is 12.5. The highest BCUT2D eigenvalue weighted by Gasteiger charge is 2.34. The van der Waals surface area contributed by atoms with Crippen LogP contribution in [0.15, 0.2) is 0 Å². The Labute approximate surface area is 139 Å². The van der Waals surface area contributed by atoms with Crippen LogP contribution in [0.1, 0.15) is 32.6 Å². The van der Waals surface area contributed by atoms with Gasteiger partial charge in [0.2, 0.25) is 15.9 Å². The van der Waals surface area contributed by atoms with Gasteiger partial charge in [0.15, 0.2) is 0 Å². The van der Waals surface area contributed by atoms with E-state index < -0.39 is 16.1 Å². The molecule has 0 saturated carbocycles. The monoisotopic (exact) mass is 347 g/mol. The standard InChI is InChI=1S/C15H29N3O4S/c1-13(6-8-17-9-11-22-12-10-17)16-15(19)14-5-3-4-7-18(14)23(2,20)21/h13-14H,3-12H2,1-2H3,(H,16,19)/t13-,14-/m0/s1. The molecule has 2 saturated heterocycles. The SMILES string of the molecule is C[C@@H](CCN1CCOCC1)NC(=O)[C@@H]1CCCCN1S(C)(=O)=O. The molecule has 1 amide bonds. The van der Waals surface area contributed by atoms with Crippen molar-refractivity contribution in [3.63, 3.8) is 0 Å². The first-order chi connectivity index (χ1) is 10.9. The van der Waals surface area contributed by atoms with E-state index in [9.17, 15) is 13.2 Å². The largest absolute Gasteiger partial charge is 0.379 e. The molecule has 2 fully saturated rings. The summed E-state index contributed by atoms with van der Waals surface area (Å²) in [6, 6.07) is -0.515. The van der Waals surface area contributed by atoms with E-state index in [2.05, 4.69) is 10.2 Å². The number of carbonyl (C=O) groups is 1. The molecule has 1 N–H and O–H groups in total. The van der Waals surface area contributed by atoms with Gasteiger partial charge < -0.3 is 10.1 Å². The summed E-state index contributed by atoms with van der Waals surface area (Å²) in [4.78, 5) is 14.8. The second-order valence-corrected chi connectivity index (χ2v) is 8.47. The Balaban J connectivity index is 1.81. The minimum absolute atomic E-state index is 0.0358. The third-order valence-corrected chi connectivity index (χ3v) is 5.84. The normalized spacial score (nSPS) is 25.9. The first-order valence-corrected chi connectivity index (χ1v) is 10.3. The number of piperidine rings is 1. The van der Waals surface area contributed by atoms with Crippen molar-refractivity contribution < 1.29 is 17.9 Å². The van der Waals surface area contributed by atoms with Crippen molar-refractivity contribution >= 4 is 15.9 Å². The zero-order valence-corrected chi connectivity index (χ0v) is 15.0. The van der Waals surface area contributed by atoms with Crippen molar-refractivity contribution in [3.05, 3.63) is 0 Å². The Kier molecular flexibility index (Phi) is 6.82. The van der Waals surface area contributed by atoms with Crippen molar-refractivity contribution in [1.29, 1.82) is 0 Å². The van der Waals surface area contributed by atoms with Crippen molar-refractivity contribution in [2.24, 2.45) is 0 Å². The van der Waals surface area contributed by atoms with Crippen LogP contribution in [0, 0.1) is 0 Å². The summed E-state index contributed by atoms with van der Waals surface area (Å²) < 4.78 is 30.4. The highest BCUT2D eigenvalue weighted by molar-refractivity contribution is 7.88. The smallest absolute Gasteiger partial charge is 0.238 e. The van der Waals surface area contributed by atoms with E-state index in [0.29, 0.717) is 13.0 Å². The number of nitrogens with one attached hydrogen (secondary N) is 1. The lowest BCUT2D eigenvalue weighted by Crippen LogP contribution is -2.53. The number of rotatable bonds is 6. The molecule has 2 atom stereocenters. The van der Waals surface area contributed by atoms with Crippen LogP contribution in [0.25, 0.3) is 0 Å². The molecule has 2 aliphatic rings. The van der Waals surface area contributed by atoms with Crippen LogP contribution in [-0.2, 0) is 19.6 Å². The molecular formula is C15H29N3O4S. The van der Waals surface area contributed by atoms with Gasteiger partial charge in [-0.1, -0.05) is 6.42 Å². The number of morpholine rings is 1. The molecule has 23 heavy (non-hydrogen) atoms. The van der Waals surface area contributed by atoms with Gasteiger partial charge in [-0.15, -0.1) is 0 Å². The Morgan fingerprint density at radius 3 is 2.61 bits per heavy atom. The van der Waals surface area contributed by atoms with E-state index in [1.165, 1.54) is 10.6 Å². The lowest BCUT2D eigenvalue weighted by molar-refractivity contribution is -0.126. The summed E-state index contributed by atoms with van der Waals surface area (Å²) in [5.41, 5.74) is 0. The van der Waals surface area contributed by atoms with Crippen molar-refractivity contribution in [2.45, 2.75) is 44.7 Å². The minimum atomic E-state index is -3.33. The maximum atomic E-state index is 12.5. The second-order valence-electron chi connectivity index (χ2n) is 6.54. The van der Waals surface area contributed by atoms with Crippen LogP contribution < -0.4 is 5.32 Å². The fourth-order valence-electron chi connectivity index (χ4n) is 3.18. The van der Waals surface area contributed by atoms with E-state index in [4.69, 9.17) is 4.74 Å². The van der Waals surface area contributed by atoms with Crippen LogP contribution in [0.3, 0.4) is 0 Å². The van der Waals surface area contributed by atoms with E-state index in [-0.39, 0.29) is 11.9 Å². The van der Waals surface area contributed by atoms with Crippen molar-refractivity contribution in [3.8, 4) is 0 Å². The first-order valence-electron chi connectivity index (χ1n) is 8.45. The van der Waals surface area contributed by atoms with Crippen LogP contribution in [0.4, 0.5) is 0 Å². The summed E-state index contributed by atoms with van der Waals surface area (Å²) >= 11 is 0. The molecule has 0 spiro atoms. The molecule has 0 unspecified atom stereocenters. The lowest BCUT2D eigenvalue weighted by atomic mass is 10.0. The summed E-state index contributed by atoms with van der Waals surface area (Å²) in [6.45, 7) is 6.75. The predicted molar refractivity (Wildman–Crippen MR) is 88.7 cm³/mol. The van der Waals surface area contributed by atoms with Crippen LogP contribution in [-0.4, -0.2) is 81.3 Å². The fraction of sp³-hybridized carbons (Fsp3) is 0.933. The number of amides is 1. The molecule has 0 aliphatic carbocycles. The third kappa shape index (κ3) is 5.70. The van der Waals surface area contributed by atoms with Gasteiger partial charge >= 0.3 is 0 Å². The topological polar surface area (TPSA) is 79.0 Å². The fourth-order valence-corrected chi connectivity index (χ4v) is 4.30. The number of ether oxygens (including phenoxy) is 1. The van der Waals surface area contributed by atoms with E-state index >= 15 is 0 Å². The molecule has 0 aromatic carbocycles. The Morgan fingerprint density at radius 1 is 1.26 bits per heavy atom. The van der Waals surface area contributed by atoms with E-state index in [0.717, 1.165) is 52.1 Å². The predicted octanol–water partition coefficient (Wildman–Crippen LogP) is 0.0275. The lowest BCUT2D eigenvalue weighted by Gasteiger charge is -2.33. The van der Waals surface area contributed by atoms with Gasteiger partial charge in [-0.05, 0) is 26.2 Å². The Bertz CT molecular complexity index is 491. The summed E-state index contributed by atoms with van der Waals surface area (Å²) in [5, 5.41) is 2.99. The third-order valence-electron chi connectivity index (χ3n) is 4.55. The summed E-state index contributed by atoms with van der Waals surface area (Å²) in [7, 11) is -3.33. The molecule has 7 nitrogen and oxygen atoms in total. The molecule has 134 valence electrons. The molecule has 0 radical (unpaired) electrons. The quantitative estimate of drug-likeness (QED) is 0.733. The number of sulfonamides is 1. The molecule has 0 aromatic rings. The molecule has 2 rings (SSSR count). The summed E-state index contributed by atoms with van der Waals surface area (Å²) in [6.07, 6.45) is 4.36. The first kappa shape index (κ1) is 18.6. The van der Waals surface area contributed by atoms with Gasteiger partial charge in [0.1, 0.15) is 6.04 Å². The van der Waals surface area contributed by atoms with Gasteiger partial charge in [-0.25, -0.2) is 8.42 Å². The van der Waals surface area contributed by atoms with Gasteiger partial charge in [0, 0.05) is 32.2 Å².